The van der Waals surface area contributed by atoms with E-state index in [2.05, 4.69) is 169 Å². The summed E-state index contributed by atoms with van der Waals surface area (Å²) in [6.07, 6.45) is 7.03. The largest absolute Gasteiger partial charge is 0.309 e. The van der Waals surface area contributed by atoms with Crippen LogP contribution in [0.4, 0.5) is 17.1 Å². The van der Waals surface area contributed by atoms with Crippen molar-refractivity contribution in [2.75, 3.05) is 4.90 Å². The third-order valence-electron chi connectivity index (χ3n) is 13.3. The Kier molecular flexibility index (Phi) is 6.50. The predicted molar refractivity (Wildman–Crippen MR) is 213 cm³/mol. The Morgan fingerprint density at radius 3 is 1.71 bits per heavy atom. The van der Waals surface area contributed by atoms with Crippen molar-refractivity contribution in [3.8, 4) is 33.4 Å². The number of nitrogens with zero attached hydrogens (tertiary/aromatic N) is 1. The highest BCUT2D eigenvalue weighted by atomic mass is 15.1. The van der Waals surface area contributed by atoms with E-state index in [1.165, 1.54) is 93.3 Å². The average molecular weight is 656 g/mol. The first kappa shape index (κ1) is 29.3. The third kappa shape index (κ3) is 4.27. The first-order valence-corrected chi connectivity index (χ1v) is 19.0. The van der Waals surface area contributed by atoms with Crippen molar-refractivity contribution < 1.29 is 0 Å². The number of hydrogen-bond donors (Lipinski definition) is 0. The van der Waals surface area contributed by atoms with Crippen molar-refractivity contribution in [3.05, 3.63) is 175 Å². The summed E-state index contributed by atoms with van der Waals surface area (Å²) < 4.78 is 0. The van der Waals surface area contributed by atoms with Crippen LogP contribution in [0.5, 0.6) is 0 Å². The number of rotatable bonds is 5. The van der Waals surface area contributed by atoms with E-state index in [1.54, 1.807) is 11.1 Å². The van der Waals surface area contributed by atoms with Gasteiger partial charge in [0.25, 0.3) is 0 Å². The zero-order chi connectivity index (χ0) is 33.5. The van der Waals surface area contributed by atoms with Crippen LogP contribution in [-0.2, 0) is 5.41 Å². The number of benzene rings is 7. The molecule has 4 bridgehead atoms. The monoisotopic (exact) mass is 655 g/mol. The summed E-state index contributed by atoms with van der Waals surface area (Å²) in [5.74, 6) is 3.31. The van der Waals surface area contributed by atoms with Gasteiger partial charge in [-0.25, -0.2) is 0 Å². The van der Waals surface area contributed by atoms with Crippen molar-refractivity contribution in [1.82, 2.24) is 0 Å². The Balaban J connectivity index is 1.16. The smallest absolute Gasteiger partial charge is 0.0543 e. The van der Waals surface area contributed by atoms with Crippen LogP contribution in [0.25, 0.3) is 44.2 Å². The van der Waals surface area contributed by atoms with E-state index in [1.807, 2.05) is 0 Å². The van der Waals surface area contributed by atoms with E-state index < -0.39 is 0 Å². The van der Waals surface area contributed by atoms with E-state index in [4.69, 9.17) is 0 Å². The van der Waals surface area contributed by atoms with Crippen molar-refractivity contribution in [2.24, 2.45) is 23.7 Å². The first-order chi connectivity index (χ1) is 25.3. The van der Waals surface area contributed by atoms with Gasteiger partial charge in [0, 0.05) is 22.1 Å². The van der Waals surface area contributed by atoms with E-state index in [-0.39, 0.29) is 5.41 Å². The minimum atomic E-state index is 0.122. The molecule has 0 aromatic heterocycles. The van der Waals surface area contributed by atoms with Gasteiger partial charge in [-0.2, -0.15) is 0 Å². The minimum absolute atomic E-state index is 0.122. The molecule has 0 saturated heterocycles. The summed E-state index contributed by atoms with van der Waals surface area (Å²) in [4.78, 5) is 2.58. The van der Waals surface area contributed by atoms with Crippen LogP contribution in [0, 0.1) is 23.7 Å². The lowest BCUT2D eigenvalue weighted by Crippen LogP contribution is -2.55. The molecular weight excluding hydrogens is 615 g/mol. The molecule has 246 valence electrons. The van der Waals surface area contributed by atoms with E-state index in [9.17, 15) is 0 Å². The zero-order valence-electron chi connectivity index (χ0n) is 28.9. The second kappa shape index (κ2) is 11.3. The summed E-state index contributed by atoms with van der Waals surface area (Å²) in [7, 11) is 0. The molecule has 1 spiro atoms. The molecule has 4 saturated carbocycles. The fraction of sp³-hybridized carbons (Fsp3) is 0.200. The molecule has 0 heterocycles. The molecule has 0 amide bonds. The highest BCUT2D eigenvalue weighted by Crippen LogP contribution is 2.70. The molecule has 0 unspecified atom stereocenters. The van der Waals surface area contributed by atoms with Crippen molar-refractivity contribution in [3.63, 3.8) is 0 Å². The first-order valence-electron chi connectivity index (χ1n) is 19.0. The number of anilines is 3. The number of hydrogen-bond acceptors (Lipinski definition) is 1. The summed E-state index contributed by atoms with van der Waals surface area (Å²) in [5.41, 5.74) is 14.9. The van der Waals surface area contributed by atoms with E-state index in [0.717, 1.165) is 23.7 Å². The molecule has 5 aliphatic rings. The maximum absolute atomic E-state index is 2.58. The topological polar surface area (TPSA) is 3.24 Å². The van der Waals surface area contributed by atoms with Crippen LogP contribution in [0.2, 0.25) is 0 Å². The molecular formula is C50H41N. The maximum atomic E-state index is 2.58. The van der Waals surface area contributed by atoms with Crippen molar-refractivity contribution in [1.29, 1.82) is 0 Å². The van der Waals surface area contributed by atoms with Gasteiger partial charge in [-0.1, -0.05) is 140 Å². The Labute approximate surface area is 301 Å². The van der Waals surface area contributed by atoms with Crippen LogP contribution in [-0.4, -0.2) is 0 Å². The van der Waals surface area contributed by atoms with Gasteiger partial charge in [0.15, 0.2) is 0 Å². The molecule has 0 radical (unpaired) electrons. The summed E-state index contributed by atoms with van der Waals surface area (Å²) in [5, 5.41) is 2.54. The molecule has 0 N–H and O–H groups in total. The Hall–Kier alpha value is -5.40. The SMILES string of the molecule is c1ccc(-c2ccc(N(c3cccc4c3-c3ccccc3C43C4CC5CC(C4)CC3C5)c3ccc(-c4ccccc4)c4ccccc34)cc2)cc1. The highest BCUT2D eigenvalue weighted by molar-refractivity contribution is 6.08. The highest BCUT2D eigenvalue weighted by Gasteiger charge is 2.61. The van der Waals surface area contributed by atoms with Crippen LogP contribution >= 0.6 is 0 Å². The lowest BCUT2D eigenvalue weighted by atomic mass is 9.43. The molecule has 12 rings (SSSR count). The molecule has 51 heavy (non-hydrogen) atoms. The lowest BCUT2D eigenvalue weighted by molar-refractivity contribution is -0.0399. The summed E-state index contributed by atoms with van der Waals surface area (Å²) >= 11 is 0. The van der Waals surface area contributed by atoms with Gasteiger partial charge >= 0.3 is 0 Å². The molecule has 0 aliphatic heterocycles. The fourth-order valence-electron chi connectivity index (χ4n) is 11.6. The zero-order valence-corrected chi connectivity index (χ0v) is 28.9. The Morgan fingerprint density at radius 1 is 0.392 bits per heavy atom. The van der Waals surface area contributed by atoms with Gasteiger partial charge in [0.2, 0.25) is 0 Å². The van der Waals surface area contributed by atoms with Crippen LogP contribution in [0.3, 0.4) is 0 Å². The van der Waals surface area contributed by atoms with Gasteiger partial charge in [-0.05, 0) is 124 Å². The number of fused-ring (bicyclic) bond motifs is 4. The van der Waals surface area contributed by atoms with E-state index in [0.29, 0.717) is 0 Å². The third-order valence-corrected chi connectivity index (χ3v) is 13.3. The second-order valence-electron chi connectivity index (χ2n) is 15.7. The molecule has 7 aromatic carbocycles. The van der Waals surface area contributed by atoms with Crippen LogP contribution in [0.15, 0.2) is 164 Å². The predicted octanol–water partition coefficient (Wildman–Crippen LogP) is 13.4. The summed E-state index contributed by atoms with van der Waals surface area (Å²) in [6, 6.07) is 61.4. The molecule has 7 aromatic rings. The van der Waals surface area contributed by atoms with Gasteiger partial charge in [0.1, 0.15) is 0 Å². The van der Waals surface area contributed by atoms with Gasteiger partial charge in [0.05, 0.1) is 11.4 Å². The molecule has 4 fully saturated rings. The fourth-order valence-corrected chi connectivity index (χ4v) is 11.6. The molecule has 5 aliphatic carbocycles. The Bertz CT molecular complexity index is 2400. The van der Waals surface area contributed by atoms with Crippen LogP contribution < -0.4 is 4.90 Å². The lowest BCUT2D eigenvalue weighted by Gasteiger charge is -2.61. The van der Waals surface area contributed by atoms with Crippen molar-refractivity contribution >= 4 is 27.8 Å². The molecule has 1 heteroatoms. The van der Waals surface area contributed by atoms with Gasteiger partial charge < -0.3 is 4.90 Å². The quantitative estimate of drug-likeness (QED) is 0.178. The summed E-state index contributed by atoms with van der Waals surface area (Å²) in [6.45, 7) is 0. The van der Waals surface area contributed by atoms with Gasteiger partial charge in [-0.3, -0.25) is 0 Å². The van der Waals surface area contributed by atoms with E-state index >= 15 is 0 Å². The Morgan fingerprint density at radius 2 is 0.980 bits per heavy atom. The normalized spacial score (nSPS) is 23.8. The molecule has 1 nitrogen and oxygen atoms in total. The standard InChI is InChI=1S/C50H41N/c1-3-12-35(13-4-1)36-22-24-40(25-23-36)51(47-27-26-41(37-14-5-2-6-15-37)42-16-7-8-17-43(42)47)48-21-11-20-46-49(48)44-18-9-10-19-45(44)50(46)38-29-33-28-34(31-38)32-39(50)30-33/h1-27,33-34,38-39H,28-32H2. The minimum Gasteiger partial charge on any atom is -0.309 e. The average Bonchev–Trinajstić information content (AvgIpc) is 3.49. The van der Waals surface area contributed by atoms with Gasteiger partial charge in [-0.15, -0.1) is 0 Å². The maximum Gasteiger partial charge on any atom is 0.0543 e. The molecule has 0 atom stereocenters. The second-order valence-corrected chi connectivity index (χ2v) is 15.7. The van der Waals surface area contributed by atoms with Crippen molar-refractivity contribution in [2.45, 2.75) is 37.5 Å². The van der Waals surface area contributed by atoms with Crippen LogP contribution in [0.1, 0.15) is 43.2 Å².